The zero-order valence-corrected chi connectivity index (χ0v) is 14.8. The molecule has 2 fully saturated rings. The van der Waals surface area contributed by atoms with Crippen LogP contribution >= 0.6 is 0 Å². The predicted molar refractivity (Wildman–Crippen MR) is 96.2 cm³/mol. The van der Waals surface area contributed by atoms with Crippen LogP contribution in [0.2, 0.25) is 0 Å². The molecule has 1 aromatic carbocycles. The quantitative estimate of drug-likeness (QED) is 0.916. The average Bonchev–Trinajstić information content (AvgIpc) is 2.88. The average molecular weight is 344 g/mol. The van der Waals surface area contributed by atoms with Crippen molar-refractivity contribution >= 4 is 11.8 Å². The van der Waals surface area contributed by atoms with Crippen molar-refractivity contribution in [3.05, 3.63) is 35.9 Å². The van der Waals surface area contributed by atoms with E-state index < -0.39 is 5.60 Å². The van der Waals surface area contributed by atoms with Gasteiger partial charge in [-0.25, -0.2) is 0 Å². The molecular weight excluding hydrogens is 316 g/mol. The topological polar surface area (TPSA) is 60.9 Å². The van der Waals surface area contributed by atoms with E-state index in [-0.39, 0.29) is 18.2 Å². The van der Waals surface area contributed by atoms with Crippen molar-refractivity contribution in [1.82, 2.24) is 9.80 Å². The number of amides is 2. The molecular formula is C20H28N2O3. The summed E-state index contributed by atoms with van der Waals surface area (Å²) in [6.45, 7) is 2.43. The normalized spacial score (nSPS) is 20.8. The van der Waals surface area contributed by atoms with E-state index in [9.17, 15) is 14.7 Å². The van der Waals surface area contributed by atoms with E-state index in [1.165, 1.54) is 0 Å². The minimum absolute atomic E-state index is 0.0263. The van der Waals surface area contributed by atoms with Gasteiger partial charge in [-0.1, -0.05) is 37.5 Å². The van der Waals surface area contributed by atoms with Gasteiger partial charge < -0.3 is 14.9 Å². The summed E-state index contributed by atoms with van der Waals surface area (Å²) >= 11 is 0. The molecule has 3 rings (SSSR count). The molecule has 2 amide bonds. The van der Waals surface area contributed by atoms with E-state index in [1.54, 1.807) is 0 Å². The van der Waals surface area contributed by atoms with E-state index >= 15 is 0 Å². The van der Waals surface area contributed by atoms with Gasteiger partial charge in [0.2, 0.25) is 5.91 Å². The molecule has 1 aliphatic heterocycles. The molecule has 2 aliphatic rings. The maximum atomic E-state index is 12.6. The number of hydrogen-bond donors (Lipinski definition) is 1. The fourth-order valence-corrected chi connectivity index (χ4v) is 3.91. The summed E-state index contributed by atoms with van der Waals surface area (Å²) in [7, 11) is 0. The monoisotopic (exact) mass is 344 g/mol. The lowest BCUT2D eigenvalue weighted by molar-refractivity contribution is -0.137. The van der Waals surface area contributed by atoms with Crippen LogP contribution in [0.15, 0.2) is 30.3 Å². The van der Waals surface area contributed by atoms with Crippen LogP contribution in [0.1, 0.15) is 55.3 Å². The number of carbonyl (C=O) groups is 2. The maximum absolute atomic E-state index is 12.6. The van der Waals surface area contributed by atoms with E-state index in [4.69, 9.17) is 0 Å². The highest BCUT2D eigenvalue weighted by Gasteiger charge is 2.34. The summed E-state index contributed by atoms with van der Waals surface area (Å²) in [5.74, 6) is 0.0548. The molecule has 0 aromatic heterocycles. The molecule has 5 nitrogen and oxygen atoms in total. The van der Waals surface area contributed by atoms with Gasteiger partial charge in [0.25, 0.3) is 5.91 Å². The van der Waals surface area contributed by atoms with Gasteiger partial charge in [0.05, 0.1) is 12.0 Å². The Balaban J connectivity index is 1.56. The molecule has 1 saturated heterocycles. The van der Waals surface area contributed by atoms with Gasteiger partial charge in [0, 0.05) is 31.7 Å². The van der Waals surface area contributed by atoms with Crippen LogP contribution in [-0.2, 0) is 4.79 Å². The Morgan fingerprint density at radius 2 is 1.52 bits per heavy atom. The van der Waals surface area contributed by atoms with Gasteiger partial charge in [0.1, 0.15) is 0 Å². The first-order valence-corrected chi connectivity index (χ1v) is 9.42. The van der Waals surface area contributed by atoms with E-state index in [0.717, 1.165) is 38.5 Å². The van der Waals surface area contributed by atoms with Crippen LogP contribution in [0.3, 0.4) is 0 Å². The molecule has 0 spiro atoms. The number of benzene rings is 1. The molecule has 0 radical (unpaired) electrons. The smallest absolute Gasteiger partial charge is 0.253 e. The number of hydrogen-bond acceptors (Lipinski definition) is 3. The van der Waals surface area contributed by atoms with Gasteiger partial charge in [-0.15, -0.1) is 0 Å². The summed E-state index contributed by atoms with van der Waals surface area (Å²) in [6, 6.07) is 9.29. The summed E-state index contributed by atoms with van der Waals surface area (Å²) in [4.78, 5) is 28.9. The SMILES string of the molecule is O=C(CC1(O)CCCCC1)N1CCCN(C(=O)c2ccccc2)CC1. The highest BCUT2D eigenvalue weighted by atomic mass is 16.3. The Hall–Kier alpha value is -1.88. The van der Waals surface area contributed by atoms with Crippen molar-refractivity contribution in [1.29, 1.82) is 0 Å². The van der Waals surface area contributed by atoms with Crippen LogP contribution in [-0.4, -0.2) is 58.5 Å². The van der Waals surface area contributed by atoms with E-state index in [2.05, 4.69) is 0 Å². The number of aliphatic hydroxyl groups is 1. The molecule has 0 atom stereocenters. The van der Waals surface area contributed by atoms with Gasteiger partial charge >= 0.3 is 0 Å². The van der Waals surface area contributed by atoms with Crippen molar-refractivity contribution in [2.24, 2.45) is 0 Å². The molecule has 1 N–H and O–H groups in total. The first-order valence-electron chi connectivity index (χ1n) is 9.42. The van der Waals surface area contributed by atoms with Crippen molar-refractivity contribution in [2.45, 2.75) is 50.5 Å². The predicted octanol–water partition coefficient (Wildman–Crippen LogP) is 2.45. The molecule has 1 aliphatic carbocycles. The Labute approximate surface area is 149 Å². The third-order valence-electron chi connectivity index (χ3n) is 5.42. The van der Waals surface area contributed by atoms with Crippen molar-refractivity contribution in [3.63, 3.8) is 0 Å². The lowest BCUT2D eigenvalue weighted by Crippen LogP contribution is -2.42. The second-order valence-corrected chi connectivity index (χ2v) is 7.35. The first kappa shape index (κ1) is 17.9. The minimum atomic E-state index is -0.818. The minimum Gasteiger partial charge on any atom is -0.389 e. The molecule has 136 valence electrons. The van der Waals surface area contributed by atoms with Crippen LogP contribution in [0.5, 0.6) is 0 Å². The summed E-state index contributed by atoms with van der Waals surface area (Å²) in [5, 5.41) is 10.6. The zero-order valence-electron chi connectivity index (χ0n) is 14.8. The number of rotatable bonds is 3. The summed E-state index contributed by atoms with van der Waals surface area (Å²) < 4.78 is 0. The van der Waals surface area contributed by atoms with E-state index in [1.807, 2.05) is 40.1 Å². The number of nitrogens with zero attached hydrogens (tertiary/aromatic N) is 2. The van der Waals surface area contributed by atoms with Crippen molar-refractivity contribution in [3.8, 4) is 0 Å². The Morgan fingerprint density at radius 1 is 0.880 bits per heavy atom. The molecule has 5 heteroatoms. The highest BCUT2D eigenvalue weighted by Crippen LogP contribution is 2.31. The Kier molecular flexibility index (Phi) is 5.74. The van der Waals surface area contributed by atoms with Gasteiger partial charge in [0.15, 0.2) is 0 Å². The third kappa shape index (κ3) is 4.60. The fourth-order valence-electron chi connectivity index (χ4n) is 3.91. The lowest BCUT2D eigenvalue weighted by Gasteiger charge is -2.33. The second-order valence-electron chi connectivity index (χ2n) is 7.35. The second kappa shape index (κ2) is 8.00. The third-order valence-corrected chi connectivity index (χ3v) is 5.42. The molecule has 25 heavy (non-hydrogen) atoms. The summed E-state index contributed by atoms with van der Waals surface area (Å²) in [6.07, 6.45) is 5.61. The van der Waals surface area contributed by atoms with Crippen LogP contribution < -0.4 is 0 Å². The maximum Gasteiger partial charge on any atom is 0.253 e. The van der Waals surface area contributed by atoms with E-state index in [0.29, 0.717) is 31.7 Å². The largest absolute Gasteiger partial charge is 0.389 e. The molecule has 1 heterocycles. The molecule has 1 saturated carbocycles. The standard InChI is InChI=1S/C20H28N2O3/c23-18(16-20(25)10-5-2-6-11-20)21-12-7-13-22(15-14-21)19(24)17-8-3-1-4-9-17/h1,3-4,8-9,25H,2,5-7,10-16H2. The van der Waals surface area contributed by atoms with Crippen LogP contribution in [0.25, 0.3) is 0 Å². The van der Waals surface area contributed by atoms with Gasteiger partial charge in [-0.2, -0.15) is 0 Å². The first-order chi connectivity index (χ1) is 12.1. The van der Waals surface area contributed by atoms with Gasteiger partial charge in [-0.3, -0.25) is 9.59 Å². The highest BCUT2D eigenvalue weighted by molar-refractivity contribution is 5.94. The lowest BCUT2D eigenvalue weighted by atomic mass is 9.82. The molecule has 0 bridgehead atoms. The summed E-state index contributed by atoms with van der Waals surface area (Å²) in [5.41, 5.74) is -0.125. The van der Waals surface area contributed by atoms with Crippen molar-refractivity contribution < 1.29 is 14.7 Å². The fraction of sp³-hybridized carbons (Fsp3) is 0.600. The number of carbonyl (C=O) groups excluding carboxylic acids is 2. The van der Waals surface area contributed by atoms with Gasteiger partial charge in [-0.05, 0) is 31.4 Å². The Bertz CT molecular complexity index is 596. The van der Waals surface area contributed by atoms with Crippen LogP contribution in [0.4, 0.5) is 0 Å². The molecule has 0 unspecified atom stereocenters. The van der Waals surface area contributed by atoms with Crippen molar-refractivity contribution in [2.75, 3.05) is 26.2 Å². The Morgan fingerprint density at radius 3 is 2.24 bits per heavy atom. The molecule has 1 aromatic rings. The van der Waals surface area contributed by atoms with Crippen LogP contribution in [0, 0.1) is 0 Å². The zero-order chi connectivity index (χ0) is 17.7.